The highest BCUT2D eigenvalue weighted by atomic mass is 19.4. The van der Waals surface area contributed by atoms with Crippen LogP contribution in [0.15, 0.2) is 23.3 Å². The number of aliphatic carboxylic acids is 1. The van der Waals surface area contributed by atoms with E-state index in [1.54, 1.807) is 6.07 Å². The first-order valence-electron chi connectivity index (χ1n) is 5.62. The normalized spacial score (nSPS) is 11.7. The van der Waals surface area contributed by atoms with E-state index in [9.17, 15) is 18.0 Å². The maximum atomic E-state index is 12.3. The molecular formula is C12H10F3N3O3. The van der Waals surface area contributed by atoms with E-state index in [0.717, 1.165) is 12.1 Å². The molecule has 0 aliphatic rings. The fourth-order valence-electron chi connectivity index (χ4n) is 1.30. The van der Waals surface area contributed by atoms with E-state index in [1.807, 2.05) is 0 Å². The lowest BCUT2D eigenvalue weighted by molar-refractivity contribution is -0.274. The fourth-order valence-corrected chi connectivity index (χ4v) is 1.30. The van der Waals surface area contributed by atoms with E-state index in [0.29, 0.717) is 0 Å². The summed E-state index contributed by atoms with van der Waals surface area (Å²) in [4.78, 5) is 10.7. The molecule has 0 aliphatic carbocycles. The second kappa shape index (κ2) is 6.60. The first kappa shape index (κ1) is 16.3. The number of nitriles is 1. The van der Waals surface area contributed by atoms with Crippen molar-refractivity contribution in [1.29, 1.82) is 5.26 Å². The van der Waals surface area contributed by atoms with E-state index in [1.165, 1.54) is 13.0 Å². The zero-order valence-electron chi connectivity index (χ0n) is 10.7. The number of halogens is 3. The van der Waals surface area contributed by atoms with Gasteiger partial charge in [-0.05, 0) is 18.6 Å². The number of hydrogen-bond acceptors (Lipinski definition) is 5. The van der Waals surface area contributed by atoms with Crippen LogP contribution in [0.25, 0.3) is 0 Å². The Bertz CT molecular complexity index is 606. The lowest BCUT2D eigenvalue weighted by atomic mass is 10.2. The number of alkyl halides is 3. The number of hydrazone groups is 1. The molecule has 21 heavy (non-hydrogen) atoms. The Balaban J connectivity index is 3.12. The topological polar surface area (TPSA) is 94.7 Å². The second-order valence-electron chi connectivity index (χ2n) is 3.70. The number of benzene rings is 1. The number of hydrogen-bond donors (Lipinski definition) is 2. The highest BCUT2D eigenvalue weighted by Crippen LogP contribution is 2.31. The number of anilines is 1. The van der Waals surface area contributed by atoms with Crippen molar-refractivity contribution >= 4 is 17.4 Å². The van der Waals surface area contributed by atoms with Crippen molar-refractivity contribution in [3.63, 3.8) is 0 Å². The molecule has 0 fully saturated rings. The number of nitrogens with one attached hydrogen (secondary N) is 1. The summed E-state index contributed by atoms with van der Waals surface area (Å²) in [6, 6.07) is 4.92. The van der Waals surface area contributed by atoms with E-state index >= 15 is 0 Å². The molecule has 0 spiro atoms. The maximum absolute atomic E-state index is 12.3. The number of nitrogens with zero attached hydrogens (tertiary/aromatic N) is 2. The fraction of sp³-hybridized carbons (Fsp3) is 0.250. The molecule has 9 heteroatoms. The van der Waals surface area contributed by atoms with Crippen LogP contribution in [0.4, 0.5) is 18.9 Å². The summed E-state index contributed by atoms with van der Waals surface area (Å²) in [5.74, 6) is -1.97. The molecule has 0 aliphatic heterocycles. The smallest absolute Gasteiger partial charge is 0.477 e. The molecule has 0 radical (unpaired) electrons. The highest BCUT2D eigenvalue weighted by molar-refractivity contribution is 6.35. The Morgan fingerprint density at radius 2 is 2.19 bits per heavy atom. The SMILES string of the molecule is CCC(=NNc1ccc(C#N)cc1OC(F)(F)F)C(=O)O. The predicted octanol–water partition coefficient (Wildman–Crippen LogP) is 2.72. The Morgan fingerprint density at radius 1 is 1.52 bits per heavy atom. The van der Waals surface area contributed by atoms with Crippen molar-refractivity contribution < 1.29 is 27.8 Å². The van der Waals surface area contributed by atoms with Crippen LogP contribution >= 0.6 is 0 Å². The third-order valence-electron chi connectivity index (χ3n) is 2.23. The van der Waals surface area contributed by atoms with Crippen molar-refractivity contribution in [2.24, 2.45) is 5.10 Å². The molecule has 0 saturated heterocycles. The summed E-state index contributed by atoms with van der Waals surface area (Å²) in [6.07, 6.45) is -4.87. The molecule has 0 amide bonds. The Kier molecular flexibility index (Phi) is 5.12. The van der Waals surface area contributed by atoms with Gasteiger partial charge in [0.15, 0.2) is 5.75 Å². The van der Waals surface area contributed by atoms with Gasteiger partial charge in [-0.1, -0.05) is 6.92 Å². The molecule has 0 aromatic heterocycles. The first-order valence-corrected chi connectivity index (χ1v) is 5.62. The van der Waals surface area contributed by atoms with Gasteiger partial charge in [0.25, 0.3) is 0 Å². The van der Waals surface area contributed by atoms with Gasteiger partial charge in [0.1, 0.15) is 5.71 Å². The van der Waals surface area contributed by atoms with Gasteiger partial charge in [-0.25, -0.2) is 4.79 Å². The molecule has 0 bridgehead atoms. The van der Waals surface area contributed by atoms with Gasteiger partial charge in [0.05, 0.1) is 17.3 Å². The molecule has 0 saturated carbocycles. The van der Waals surface area contributed by atoms with Crippen molar-refractivity contribution in [2.75, 3.05) is 5.43 Å². The summed E-state index contributed by atoms with van der Waals surface area (Å²) in [6.45, 7) is 1.53. The van der Waals surface area contributed by atoms with Crippen LogP contribution in [-0.4, -0.2) is 23.1 Å². The van der Waals surface area contributed by atoms with Gasteiger partial charge in [-0.2, -0.15) is 10.4 Å². The maximum Gasteiger partial charge on any atom is 0.573 e. The zero-order valence-corrected chi connectivity index (χ0v) is 10.7. The minimum Gasteiger partial charge on any atom is -0.477 e. The molecule has 6 nitrogen and oxygen atoms in total. The quantitative estimate of drug-likeness (QED) is 0.644. The summed E-state index contributed by atoms with van der Waals surface area (Å²) in [5, 5.41) is 20.9. The minimum absolute atomic E-state index is 0.0438. The van der Waals surface area contributed by atoms with E-state index in [2.05, 4.69) is 15.3 Å². The largest absolute Gasteiger partial charge is 0.573 e. The summed E-state index contributed by atoms with van der Waals surface area (Å²) >= 11 is 0. The molecule has 1 rings (SSSR count). The number of carbonyl (C=O) groups is 1. The van der Waals surface area contributed by atoms with Crippen molar-refractivity contribution in [3.05, 3.63) is 23.8 Å². The zero-order chi connectivity index (χ0) is 16.0. The van der Waals surface area contributed by atoms with Gasteiger partial charge in [-0.15, -0.1) is 13.2 Å². The molecule has 1 aromatic rings. The van der Waals surface area contributed by atoms with Crippen molar-refractivity contribution in [3.8, 4) is 11.8 Å². The summed E-state index contributed by atoms with van der Waals surface area (Å²) < 4.78 is 40.6. The number of rotatable bonds is 5. The van der Waals surface area contributed by atoms with E-state index < -0.39 is 18.1 Å². The standard InChI is InChI=1S/C12H10F3N3O3/c1-2-8(11(19)20)17-18-9-4-3-7(6-16)5-10(9)21-12(13,14)15/h3-5,18H,2H2,1H3,(H,19,20). The first-order chi connectivity index (χ1) is 9.76. The van der Waals surface area contributed by atoms with Crippen molar-refractivity contribution in [1.82, 2.24) is 0 Å². The van der Waals surface area contributed by atoms with E-state index in [4.69, 9.17) is 10.4 Å². The van der Waals surface area contributed by atoms with Crippen LogP contribution in [0.1, 0.15) is 18.9 Å². The Hall–Kier alpha value is -2.76. The van der Waals surface area contributed by atoms with Gasteiger partial charge < -0.3 is 9.84 Å². The van der Waals surface area contributed by atoms with Crippen LogP contribution in [0.2, 0.25) is 0 Å². The molecule has 112 valence electrons. The molecule has 0 atom stereocenters. The van der Waals surface area contributed by atoms with Crippen LogP contribution in [0, 0.1) is 11.3 Å². The number of ether oxygens (including phenoxy) is 1. The van der Waals surface area contributed by atoms with Gasteiger partial charge in [0.2, 0.25) is 0 Å². The molecule has 0 unspecified atom stereocenters. The van der Waals surface area contributed by atoms with Gasteiger partial charge >= 0.3 is 12.3 Å². The lowest BCUT2D eigenvalue weighted by Gasteiger charge is -2.13. The third-order valence-corrected chi connectivity index (χ3v) is 2.23. The summed E-state index contributed by atoms with van der Waals surface area (Å²) in [5.41, 5.74) is 1.67. The van der Waals surface area contributed by atoms with Crippen molar-refractivity contribution in [2.45, 2.75) is 19.7 Å². The lowest BCUT2D eigenvalue weighted by Crippen LogP contribution is -2.18. The minimum atomic E-state index is -4.95. The highest BCUT2D eigenvalue weighted by Gasteiger charge is 2.32. The van der Waals surface area contributed by atoms with Crippen LogP contribution in [0.3, 0.4) is 0 Å². The predicted molar refractivity (Wildman–Crippen MR) is 66.8 cm³/mol. The number of carboxylic acid groups (broad SMARTS) is 1. The molecule has 2 N–H and O–H groups in total. The average Bonchev–Trinajstić information content (AvgIpc) is 2.38. The Labute approximate surface area is 117 Å². The number of carboxylic acids is 1. The van der Waals surface area contributed by atoms with Gasteiger partial charge in [0, 0.05) is 6.07 Å². The Morgan fingerprint density at radius 3 is 2.67 bits per heavy atom. The molecule has 1 aromatic carbocycles. The summed E-state index contributed by atoms with van der Waals surface area (Å²) in [7, 11) is 0. The third kappa shape index (κ3) is 5.02. The average molecular weight is 301 g/mol. The van der Waals surface area contributed by atoms with Crippen LogP contribution < -0.4 is 10.2 Å². The van der Waals surface area contributed by atoms with Crippen LogP contribution in [-0.2, 0) is 4.79 Å². The second-order valence-corrected chi connectivity index (χ2v) is 3.70. The molecular weight excluding hydrogens is 291 g/mol. The molecule has 0 heterocycles. The monoisotopic (exact) mass is 301 g/mol. The van der Waals surface area contributed by atoms with Gasteiger partial charge in [-0.3, -0.25) is 5.43 Å². The van der Waals surface area contributed by atoms with Crippen LogP contribution in [0.5, 0.6) is 5.75 Å². The van der Waals surface area contributed by atoms with E-state index in [-0.39, 0.29) is 23.4 Å².